The maximum absolute atomic E-state index is 13.8. The average molecular weight is 1800 g/mol. The van der Waals surface area contributed by atoms with Crippen LogP contribution in [0.2, 0.25) is 18.1 Å². The first-order valence-electron chi connectivity index (χ1n) is 37.7. The topological polar surface area (TPSA) is 534 Å². The van der Waals surface area contributed by atoms with E-state index in [1.807, 2.05) is 13.1 Å². The Bertz CT molecular complexity index is 4360. The zero-order valence-electron chi connectivity index (χ0n) is 73.1. The van der Waals surface area contributed by atoms with E-state index in [0.29, 0.717) is 0 Å². The summed E-state index contributed by atoms with van der Waals surface area (Å²) in [5.74, 6) is -0.716. The number of nitrogens with one attached hydrogen (secondary N) is 3. The lowest BCUT2D eigenvalue weighted by Gasteiger charge is -2.40. The molecule has 684 valence electrons. The zero-order valence-corrected chi connectivity index (χ0v) is 76.7. The van der Waals surface area contributed by atoms with Crippen LogP contribution in [0.1, 0.15) is 164 Å². The molecule has 0 aromatic carbocycles. The van der Waals surface area contributed by atoms with Gasteiger partial charge in [0, 0.05) is 75.6 Å². The lowest BCUT2D eigenvalue weighted by molar-refractivity contribution is -0.163. The smallest absolute Gasteiger partial charge is 0.359 e. The molecule has 0 bridgehead atoms. The zero-order chi connectivity index (χ0) is 92.4. The van der Waals surface area contributed by atoms with Crippen LogP contribution in [0, 0.1) is 32.5 Å². The summed E-state index contributed by atoms with van der Waals surface area (Å²) >= 11 is 0. The van der Waals surface area contributed by atoms with E-state index in [-0.39, 0.29) is 5.04 Å². The molecule has 0 spiro atoms. The molecule has 5 N–H and O–H groups in total. The van der Waals surface area contributed by atoms with Gasteiger partial charge in [-0.15, -0.1) is 0 Å². The number of carbonyl (C=O) groups excluding carboxylic acids is 6. The quantitative estimate of drug-likeness (QED) is 0.0130. The molecule has 0 amide bonds. The van der Waals surface area contributed by atoms with Crippen molar-refractivity contribution in [2.75, 3.05) is 62.1 Å². The number of aromatic nitrogens is 6. The van der Waals surface area contributed by atoms with Crippen LogP contribution in [0.5, 0.6) is 0 Å². The Labute approximate surface area is 700 Å². The van der Waals surface area contributed by atoms with Gasteiger partial charge < -0.3 is 71.5 Å². The Kier molecular flexibility index (Phi) is 37.9. The number of H-pyrrole nitrogens is 3. The molecule has 3 aromatic rings. The third-order valence-corrected chi connectivity index (χ3v) is 26.6. The molecule has 6 rings (SSSR count). The van der Waals surface area contributed by atoms with Gasteiger partial charge in [0.25, 0.3) is 16.7 Å². The van der Waals surface area contributed by atoms with Gasteiger partial charge in [-0.3, -0.25) is 113 Å². The number of hydrogen-bond acceptors (Lipinski definition) is 36. The fraction of sp³-hybridized carbons (Fsp3) is 0.680. The van der Waals surface area contributed by atoms with Gasteiger partial charge in [0.1, 0.15) is 54.9 Å². The Morgan fingerprint density at radius 3 is 0.802 bits per heavy atom. The average Bonchev–Trinajstić information content (AvgIpc) is 1.68. The summed E-state index contributed by atoms with van der Waals surface area (Å²) in [5, 5.41) is 21.2. The highest BCUT2D eigenvalue weighted by Gasteiger charge is 2.52. The molecular weight excluding hydrogens is 1680 g/mol. The molecule has 6 heterocycles. The van der Waals surface area contributed by atoms with Gasteiger partial charge in [-0.1, -0.05) is 20.8 Å². The minimum absolute atomic E-state index is 0.220. The third kappa shape index (κ3) is 31.8. The molecule has 42 nitrogen and oxygen atoms in total. The number of aliphatic hydroxyl groups is 2. The molecule has 12 atom stereocenters. The minimum atomic E-state index is -4.25. The predicted molar refractivity (Wildman–Crippen MR) is 431 cm³/mol. The number of aliphatic hydroxyl groups excluding tert-OH is 2. The lowest BCUT2D eigenvalue weighted by Crippen LogP contribution is -2.49. The number of esters is 6. The van der Waals surface area contributed by atoms with E-state index in [1.54, 1.807) is 125 Å². The maximum Gasteiger partial charge on any atom is 0.359 e. The standard InChI is InChI=1S/C29H49N2O12PSi.2C23H35N2O12P/c1-27(2,3)24(33)38-17-40-44(36,41-18-39-25(34)28(4,5)6)16-14-19-21(43-45(11,12)29(7,8)9)22(37-10)23(42-19)31-15-13-20(32)30-26(31)35;2*1-22(2,3)19(28)33-12-35-38(31,36-13-34-20(29)23(4,5)6)11-9-14-16(27)17(32-7)18(37-14)25-10-8-15(26)24-21(25)30/h13-16,19,21-23H,17-18H2,1-12H3,(H,30,32,35);2*8-11,14,16-18,27H,12-13H2,1-7H3,(H,24,26,30)/b16-14+;11-9+;11-9-/t19-,21+,22?,23-;2*14-,16+,17?,18-/m111/s1. The van der Waals surface area contributed by atoms with Gasteiger partial charge in [-0.25, -0.2) is 14.4 Å². The van der Waals surface area contributed by atoms with Crippen LogP contribution < -0.4 is 33.7 Å². The van der Waals surface area contributed by atoms with Gasteiger partial charge in [0.15, 0.2) is 27.0 Å². The summed E-state index contributed by atoms with van der Waals surface area (Å²) < 4.78 is 146. The Morgan fingerprint density at radius 1 is 0.380 bits per heavy atom. The normalized spacial score (nSPS) is 22.2. The predicted octanol–water partition coefficient (Wildman–Crippen LogP) is 7.96. The highest BCUT2D eigenvalue weighted by molar-refractivity contribution is 7.57. The van der Waals surface area contributed by atoms with Gasteiger partial charge >= 0.3 is 75.7 Å². The number of methoxy groups -OCH3 is 3. The highest BCUT2D eigenvalue weighted by Crippen LogP contribution is 2.54. The molecule has 3 fully saturated rings. The Morgan fingerprint density at radius 2 is 0.595 bits per heavy atom. The molecule has 3 unspecified atom stereocenters. The molecule has 0 saturated carbocycles. The van der Waals surface area contributed by atoms with E-state index in [0.717, 1.165) is 50.9 Å². The van der Waals surface area contributed by atoms with E-state index in [2.05, 4.69) is 35.7 Å². The first-order chi connectivity index (χ1) is 55.4. The van der Waals surface area contributed by atoms with Crippen molar-refractivity contribution in [1.82, 2.24) is 28.7 Å². The monoisotopic (exact) mass is 1800 g/mol. The largest absolute Gasteiger partial charge is 0.438 e. The summed E-state index contributed by atoms with van der Waals surface area (Å²) in [6.45, 7) is 35.1. The van der Waals surface area contributed by atoms with Crippen molar-refractivity contribution in [2.45, 2.75) is 237 Å². The third-order valence-electron chi connectivity index (χ3n) is 17.7. The first-order valence-corrected chi connectivity index (χ1v) is 45.4. The number of aromatic amines is 3. The van der Waals surface area contributed by atoms with Crippen LogP contribution >= 0.6 is 22.8 Å². The minimum Gasteiger partial charge on any atom is -0.438 e. The highest BCUT2D eigenvalue weighted by atomic mass is 31.2. The number of hydrogen-bond donors (Lipinski definition) is 5. The number of nitrogens with zero attached hydrogens (tertiary/aromatic N) is 3. The van der Waals surface area contributed by atoms with Crippen molar-refractivity contribution >= 4 is 66.9 Å². The molecule has 46 heteroatoms. The van der Waals surface area contributed by atoms with Crippen molar-refractivity contribution in [3.05, 3.63) is 135 Å². The maximum atomic E-state index is 13.8. The molecule has 3 saturated heterocycles. The molecule has 0 radical (unpaired) electrons. The second-order valence-corrected chi connectivity index (χ2v) is 45.6. The molecular formula is C75H119N6O36P3Si. The van der Waals surface area contributed by atoms with E-state index < -0.39 is 248 Å². The van der Waals surface area contributed by atoms with Crippen molar-refractivity contribution in [1.29, 1.82) is 0 Å². The van der Waals surface area contributed by atoms with Crippen molar-refractivity contribution < 1.29 is 141 Å². The summed E-state index contributed by atoms with van der Waals surface area (Å²) in [6.07, 6.45) is -5.67. The lowest BCUT2D eigenvalue weighted by atomic mass is 9.98. The SMILES string of the molecule is COC1[C@@H](O)[C@@H](/C=C/P(=O)(OCOC(=O)C(C)(C)C)OCOC(=O)C(C)(C)C)O[C@H]1n1ccc(=O)[nH]c1=O.COC1[C@@H](O)[C@@H](/C=C\P(=O)(OCOC(=O)C(C)(C)C)OCOC(=O)C(C)(C)C)O[C@H]1n1ccc(=O)[nH]c1=O.COC1[C@@H](O[Si](C)(C)C(C)(C)C)[C@@H](/C=C/P(=O)(OCOC(=O)C(C)(C)C)OCOC(=O)C(C)(C)C)O[C@H]1n1ccc(=O)[nH]c1=O. The molecule has 0 aliphatic carbocycles. The van der Waals surface area contributed by atoms with E-state index in [9.17, 15) is 81.4 Å². The Hall–Kier alpha value is -7.61. The van der Waals surface area contributed by atoms with E-state index >= 15 is 0 Å². The summed E-state index contributed by atoms with van der Waals surface area (Å²) in [7, 11) is -11.2. The molecule has 121 heavy (non-hydrogen) atoms. The van der Waals surface area contributed by atoms with Crippen molar-refractivity contribution in [3.8, 4) is 0 Å². The van der Waals surface area contributed by atoms with Crippen LogP contribution in [0.3, 0.4) is 0 Å². The van der Waals surface area contributed by atoms with E-state index in [1.165, 1.54) is 56.6 Å². The van der Waals surface area contributed by atoms with Gasteiger partial charge in [-0.05, 0) is 161 Å². The number of rotatable bonds is 32. The number of carbonyl (C=O) groups is 6. The summed E-state index contributed by atoms with van der Waals surface area (Å²) in [6, 6.07) is 3.37. The van der Waals surface area contributed by atoms with Gasteiger partial charge in [0.2, 0.25) is 40.8 Å². The van der Waals surface area contributed by atoms with Crippen LogP contribution in [-0.4, -0.2) is 200 Å². The summed E-state index contributed by atoms with van der Waals surface area (Å²) in [5.41, 5.74) is -9.21. The molecule has 3 aliphatic rings. The van der Waals surface area contributed by atoms with Crippen LogP contribution in [0.4, 0.5) is 0 Å². The van der Waals surface area contributed by atoms with Crippen molar-refractivity contribution in [3.63, 3.8) is 0 Å². The first kappa shape index (κ1) is 106. The molecule has 3 aliphatic heterocycles. The van der Waals surface area contributed by atoms with Crippen molar-refractivity contribution in [2.24, 2.45) is 32.5 Å². The van der Waals surface area contributed by atoms with Gasteiger partial charge in [-0.2, -0.15) is 0 Å². The van der Waals surface area contributed by atoms with Crippen LogP contribution in [0.25, 0.3) is 0 Å². The molecule has 3 aromatic heterocycles. The summed E-state index contributed by atoms with van der Waals surface area (Å²) in [4.78, 5) is 151. The van der Waals surface area contributed by atoms with Crippen LogP contribution in [-0.2, 0) is 131 Å². The fourth-order valence-corrected chi connectivity index (χ4v) is 14.0. The van der Waals surface area contributed by atoms with Crippen LogP contribution in [0.15, 0.2) is 101 Å². The Balaban J connectivity index is 0.000000383. The number of ether oxygens (including phenoxy) is 12. The van der Waals surface area contributed by atoms with E-state index in [4.69, 9.17) is 88.4 Å². The van der Waals surface area contributed by atoms with Gasteiger partial charge in [0.05, 0.1) is 32.5 Å². The second-order valence-electron chi connectivity index (χ2n) is 35.2. The second kappa shape index (κ2) is 43.3. The fourth-order valence-electron chi connectivity index (χ4n) is 9.62.